The molecule has 4 nitrogen and oxygen atoms in total. The van der Waals surface area contributed by atoms with Crippen LogP contribution in [0.15, 0.2) is 0 Å². The average Bonchev–Trinajstić information content (AvgIpc) is 2.40. The van der Waals surface area contributed by atoms with Crippen molar-refractivity contribution in [2.45, 2.75) is 51.6 Å². The van der Waals surface area contributed by atoms with Crippen molar-refractivity contribution in [2.24, 2.45) is 5.92 Å². The van der Waals surface area contributed by atoms with Gasteiger partial charge in [-0.2, -0.15) is 0 Å². The molecule has 4 heteroatoms. The third-order valence-electron chi connectivity index (χ3n) is 4.27. The quantitative estimate of drug-likeness (QED) is 0.788. The largest absolute Gasteiger partial charge is 0.353 e. The standard InChI is InChI=1S/C14H27N3O/c1-11(2)17-8-5-13(6-9-17)16-14(18)12-4-3-7-15-10-12/h11-13,15H,3-10H2,1-2H3,(H,16,18)/t12-/m0/s1. The van der Waals surface area contributed by atoms with Crippen LogP contribution in [0.5, 0.6) is 0 Å². The topological polar surface area (TPSA) is 44.4 Å². The molecule has 2 aliphatic heterocycles. The lowest BCUT2D eigenvalue weighted by atomic mass is 9.97. The minimum atomic E-state index is 0.196. The van der Waals surface area contributed by atoms with E-state index in [0.717, 1.165) is 51.9 Å². The molecule has 0 bridgehead atoms. The zero-order chi connectivity index (χ0) is 13.0. The number of carbonyl (C=O) groups is 1. The lowest BCUT2D eigenvalue weighted by Gasteiger charge is -2.35. The highest BCUT2D eigenvalue weighted by atomic mass is 16.2. The molecule has 18 heavy (non-hydrogen) atoms. The van der Waals surface area contributed by atoms with E-state index in [1.807, 2.05) is 0 Å². The van der Waals surface area contributed by atoms with Gasteiger partial charge in [-0.3, -0.25) is 4.79 Å². The van der Waals surface area contributed by atoms with E-state index in [4.69, 9.17) is 0 Å². The van der Waals surface area contributed by atoms with Gasteiger partial charge < -0.3 is 15.5 Å². The summed E-state index contributed by atoms with van der Waals surface area (Å²) < 4.78 is 0. The predicted octanol–water partition coefficient (Wildman–Crippen LogP) is 0.975. The summed E-state index contributed by atoms with van der Waals surface area (Å²) in [6.45, 7) is 8.64. The van der Waals surface area contributed by atoms with Gasteiger partial charge in [-0.1, -0.05) is 0 Å². The SMILES string of the molecule is CC(C)N1CCC(NC(=O)[C@H]2CCCNC2)CC1. The molecular formula is C14H27N3O. The van der Waals surface area contributed by atoms with Crippen LogP contribution in [0.3, 0.4) is 0 Å². The van der Waals surface area contributed by atoms with Crippen LogP contribution in [0.25, 0.3) is 0 Å². The number of hydrogen-bond acceptors (Lipinski definition) is 3. The molecule has 2 rings (SSSR count). The fourth-order valence-corrected chi connectivity index (χ4v) is 2.95. The first-order valence-electron chi connectivity index (χ1n) is 7.42. The van der Waals surface area contributed by atoms with Crippen molar-refractivity contribution in [3.8, 4) is 0 Å². The van der Waals surface area contributed by atoms with Gasteiger partial charge in [-0.25, -0.2) is 0 Å². The Balaban J connectivity index is 1.72. The number of nitrogens with zero attached hydrogens (tertiary/aromatic N) is 1. The lowest BCUT2D eigenvalue weighted by Crippen LogP contribution is -2.49. The van der Waals surface area contributed by atoms with Crippen molar-refractivity contribution in [1.29, 1.82) is 0 Å². The normalized spacial score (nSPS) is 27.4. The Labute approximate surface area is 110 Å². The Hall–Kier alpha value is -0.610. The van der Waals surface area contributed by atoms with Gasteiger partial charge in [0.1, 0.15) is 0 Å². The number of carbonyl (C=O) groups excluding carboxylic acids is 1. The van der Waals surface area contributed by atoms with Crippen molar-refractivity contribution in [3.63, 3.8) is 0 Å². The summed E-state index contributed by atoms with van der Waals surface area (Å²) in [4.78, 5) is 14.6. The Morgan fingerprint density at radius 3 is 2.56 bits per heavy atom. The van der Waals surface area contributed by atoms with Crippen molar-refractivity contribution < 1.29 is 4.79 Å². The summed E-state index contributed by atoms with van der Waals surface area (Å²) >= 11 is 0. The fraction of sp³-hybridized carbons (Fsp3) is 0.929. The summed E-state index contributed by atoms with van der Waals surface area (Å²) in [6.07, 6.45) is 4.38. The molecule has 2 saturated heterocycles. The number of rotatable bonds is 3. The summed E-state index contributed by atoms with van der Waals surface area (Å²) in [5.41, 5.74) is 0. The van der Waals surface area contributed by atoms with Gasteiger partial charge in [-0.15, -0.1) is 0 Å². The molecule has 2 heterocycles. The monoisotopic (exact) mass is 253 g/mol. The van der Waals surface area contributed by atoms with E-state index in [1.165, 1.54) is 0 Å². The van der Waals surface area contributed by atoms with Crippen LogP contribution in [0.2, 0.25) is 0 Å². The molecule has 1 atom stereocenters. The molecule has 0 spiro atoms. The number of nitrogens with one attached hydrogen (secondary N) is 2. The molecule has 0 aromatic carbocycles. The molecule has 0 aromatic heterocycles. The van der Waals surface area contributed by atoms with Crippen molar-refractivity contribution in [3.05, 3.63) is 0 Å². The van der Waals surface area contributed by atoms with E-state index in [1.54, 1.807) is 0 Å². The first-order valence-corrected chi connectivity index (χ1v) is 7.42. The average molecular weight is 253 g/mol. The number of amides is 1. The molecular weight excluding hydrogens is 226 g/mol. The van der Waals surface area contributed by atoms with E-state index >= 15 is 0 Å². The van der Waals surface area contributed by atoms with Crippen LogP contribution in [-0.4, -0.2) is 49.1 Å². The van der Waals surface area contributed by atoms with E-state index in [0.29, 0.717) is 12.1 Å². The van der Waals surface area contributed by atoms with E-state index in [-0.39, 0.29) is 11.8 Å². The maximum atomic E-state index is 12.1. The zero-order valence-corrected chi connectivity index (χ0v) is 11.7. The molecule has 1 amide bonds. The molecule has 0 saturated carbocycles. The van der Waals surface area contributed by atoms with Crippen LogP contribution in [0, 0.1) is 5.92 Å². The molecule has 2 fully saturated rings. The van der Waals surface area contributed by atoms with Crippen molar-refractivity contribution >= 4 is 5.91 Å². The smallest absolute Gasteiger partial charge is 0.224 e. The van der Waals surface area contributed by atoms with Crippen LogP contribution < -0.4 is 10.6 Å². The predicted molar refractivity (Wildman–Crippen MR) is 73.5 cm³/mol. The van der Waals surface area contributed by atoms with Gasteiger partial charge in [-0.05, 0) is 46.1 Å². The molecule has 0 unspecified atom stereocenters. The van der Waals surface area contributed by atoms with Crippen molar-refractivity contribution in [1.82, 2.24) is 15.5 Å². The Kier molecular flexibility index (Phi) is 5.01. The van der Waals surface area contributed by atoms with Gasteiger partial charge in [0.2, 0.25) is 5.91 Å². The first-order chi connectivity index (χ1) is 8.66. The lowest BCUT2D eigenvalue weighted by molar-refractivity contribution is -0.126. The molecule has 0 aromatic rings. The number of piperidine rings is 2. The molecule has 2 N–H and O–H groups in total. The highest BCUT2D eigenvalue weighted by Gasteiger charge is 2.26. The second-order valence-corrected chi connectivity index (χ2v) is 5.96. The first kappa shape index (κ1) is 13.8. The zero-order valence-electron chi connectivity index (χ0n) is 11.7. The van der Waals surface area contributed by atoms with Crippen LogP contribution in [0.4, 0.5) is 0 Å². The second kappa shape index (κ2) is 6.53. The summed E-state index contributed by atoms with van der Waals surface area (Å²) in [6, 6.07) is 1.03. The maximum absolute atomic E-state index is 12.1. The second-order valence-electron chi connectivity index (χ2n) is 5.96. The fourth-order valence-electron chi connectivity index (χ4n) is 2.95. The minimum Gasteiger partial charge on any atom is -0.353 e. The van der Waals surface area contributed by atoms with Crippen molar-refractivity contribution in [2.75, 3.05) is 26.2 Å². The van der Waals surface area contributed by atoms with Gasteiger partial charge in [0.05, 0.1) is 5.92 Å². The van der Waals surface area contributed by atoms with E-state index in [9.17, 15) is 4.79 Å². The van der Waals surface area contributed by atoms with Crippen LogP contribution in [-0.2, 0) is 4.79 Å². The van der Waals surface area contributed by atoms with Crippen LogP contribution >= 0.6 is 0 Å². The summed E-state index contributed by atoms with van der Waals surface area (Å²) in [7, 11) is 0. The van der Waals surface area contributed by atoms with E-state index < -0.39 is 0 Å². The molecule has 0 radical (unpaired) electrons. The van der Waals surface area contributed by atoms with Crippen LogP contribution in [0.1, 0.15) is 39.5 Å². The Bertz CT molecular complexity index is 266. The summed E-state index contributed by atoms with van der Waals surface area (Å²) in [5, 5.41) is 6.55. The van der Waals surface area contributed by atoms with Gasteiger partial charge in [0, 0.05) is 31.7 Å². The maximum Gasteiger partial charge on any atom is 0.224 e. The minimum absolute atomic E-state index is 0.196. The summed E-state index contributed by atoms with van der Waals surface area (Å²) in [5.74, 6) is 0.465. The van der Waals surface area contributed by atoms with E-state index in [2.05, 4.69) is 29.4 Å². The van der Waals surface area contributed by atoms with Gasteiger partial charge in [0.15, 0.2) is 0 Å². The Morgan fingerprint density at radius 1 is 1.28 bits per heavy atom. The van der Waals surface area contributed by atoms with Gasteiger partial charge in [0.25, 0.3) is 0 Å². The third-order valence-corrected chi connectivity index (χ3v) is 4.27. The highest BCUT2D eigenvalue weighted by Crippen LogP contribution is 2.15. The molecule has 104 valence electrons. The Morgan fingerprint density at radius 2 is 2.00 bits per heavy atom. The van der Waals surface area contributed by atoms with Gasteiger partial charge >= 0.3 is 0 Å². The highest BCUT2D eigenvalue weighted by molar-refractivity contribution is 5.79. The number of hydrogen-bond donors (Lipinski definition) is 2. The molecule has 2 aliphatic rings. The third kappa shape index (κ3) is 3.69. The molecule has 0 aliphatic carbocycles. The number of likely N-dealkylation sites (tertiary alicyclic amines) is 1.